The molecule has 1 aromatic carbocycles. The molecule has 4 heterocycles. The Labute approximate surface area is 219 Å². The molecule has 1 aliphatic rings. The van der Waals surface area contributed by atoms with Gasteiger partial charge in [0.05, 0.1) is 29.1 Å². The summed E-state index contributed by atoms with van der Waals surface area (Å²) in [6, 6.07) is 14.0. The predicted molar refractivity (Wildman–Crippen MR) is 143 cm³/mol. The average Bonchev–Trinajstić information content (AvgIpc) is 2.92. The molecule has 0 aliphatic carbocycles. The van der Waals surface area contributed by atoms with Crippen LogP contribution in [0.25, 0.3) is 15.9 Å². The molecule has 1 fully saturated rings. The van der Waals surface area contributed by atoms with E-state index >= 15 is 0 Å². The molecule has 0 radical (unpaired) electrons. The third kappa shape index (κ3) is 4.63. The number of fused-ring (bicyclic) bond motifs is 1. The Morgan fingerprint density at radius 1 is 1.11 bits per heavy atom. The van der Waals surface area contributed by atoms with Crippen molar-refractivity contribution in [2.45, 2.75) is 38.4 Å². The second-order valence-electron chi connectivity index (χ2n) is 9.69. The predicted octanol–water partition coefficient (Wildman–Crippen LogP) is 5.24. The summed E-state index contributed by atoms with van der Waals surface area (Å²) in [4.78, 5) is 29.8. The van der Waals surface area contributed by atoms with Crippen molar-refractivity contribution in [3.05, 3.63) is 105 Å². The number of halogens is 2. The molecule has 3 atom stereocenters. The number of benzene rings is 1. The van der Waals surface area contributed by atoms with Crippen LogP contribution in [-0.4, -0.2) is 44.6 Å². The number of hydrogen-bond donors (Lipinski definition) is 0. The number of rotatable bonds is 5. The van der Waals surface area contributed by atoms with E-state index in [0.717, 1.165) is 12.0 Å². The Kier molecular flexibility index (Phi) is 6.91. The van der Waals surface area contributed by atoms with Crippen LogP contribution in [0.4, 0.5) is 20.3 Å². The molecule has 38 heavy (non-hydrogen) atoms. The van der Waals surface area contributed by atoms with Crippen molar-refractivity contribution in [2.24, 2.45) is 7.05 Å². The van der Waals surface area contributed by atoms with Crippen LogP contribution in [0.5, 0.6) is 0 Å². The van der Waals surface area contributed by atoms with Crippen LogP contribution < -0.4 is 10.5 Å². The zero-order valence-corrected chi connectivity index (χ0v) is 21.5. The van der Waals surface area contributed by atoms with E-state index < -0.39 is 5.82 Å². The molecule has 4 aromatic rings. The second kappa shape index (κ2) is 10.3. The van der Waals surface area contributed by atoms with Gasteiger partial charge in [-0.25, -0.2) is 8.78 Å². The minimum absolute atomic E-state index is 0.00877. The molecule has 0 saturated carbocycles. The SMILES string of the molecule is [C-]#[N+]c1ccc2c(n1)c(N1C[C@@H](CC)N(C(c3cccc(F)c3)c3ccc(F)cn3)C[C@@H]1C)cc(=O)n2C. The zero-order valence-electron chi connectivity index (χ0n) is 21.5. The van der Waals surface area contributed by atoms with E-state index in [4.69, 9.17) is 6.57 Å². The zero-order chi connectivity index (χ0) is 27.0. The number of aromatic nitrogens is 3. The molecule has 9 heteroatoms. The van der Waals surface area contributed by atoms with E-state index in [1.807, 2.05) is 6.07 Å². The summed E-state index contributed by atoms with van der Waals surface area (Å²) >= 11 is 0. The first-order valence-corrected chi connectivity index (χ1v) is 12.6. The average molecular weight is 515 g/mol. The van der Waals surface area contributed by atoms with Crippen molar-refractivity contribution >= 4 is 22.5 Å². The molecule has 3 aromatic heterocycles. The Bertz CT molecular complexity index is 1580. The van der Waals surface area contributed by atoms with E-state index in [9.17, 15) is 13.6 Å². The lowest BCUT2D eigenvalue weighted by Crippen LogP contribution is -2.58. The van der Waals surface area contributed by atoms with E-state index in [1.165, 1.54) is 29.0 Å². The van der Waals surface area contributed by atoms with E-state index in [1.54, 1.807) is 37.4 Å². The van der Waals surface area contributed by atoms with E-state index in [-0.39, 0.29) is 35.3 Å². The first-order chi connectivity index (χ1) is 18.3. The van der Waals surface area contributed by atoms with Gasteiger partial charge in [0.2, 0.25) is 5.52 Å². The van der Waals surface area contributed by atoms with Crippen LogP contribution >= 0.6 is 0 Å². The number of hydrogen-bond acceptors (Lipinski definition) is 5. The molecule has 0 N–H and O–H groups in total. The van der Waals surface area contributed by atoms with E-state index in [0.29, 0.717) is 35.5 Å². The Morgan fingerprint density at radius 2 is 1.92 bits per heavy atom. The number of piperazine rings is 1. The molecular weight excluding hydrogens is 486 g/mol. The van der Waals surface area contributed by atoms with Crippen LogP contribution in [0.15, 0.2) is 65.6 Å². The highest BCUT2D eigenvalue weighted by Gasteiger charge is 2.38. The molecule has 1 aliphatic heterocycles. The fraction of sp³-hybridized carbons (Fsp3) is 0.310. The summed E-state index contributed by atoms with van der Waals surface area (Å²) in [6.45, 7) is 12.7. The van der Waals surface area contributed by atoms with Crippen molar-refractivity contribution in [2.75, 3.05) is 18.0 Å². The van der Waals surface area contributed by atoms with Gasteiger partial charge in [-0.3, -0.25) is 14.7 Å². The third-order valence-electron chi connectivity index (χ3n) is 7.36. The maximum absolute atomic E-state index is 14.3. The second-order valence-corrected chi connectivity index (χ2v) is 9.69. The Balaban J connectivity index is 1.59. The van der Waals surface area contributed by atoms with Crippen LogP contribution in [0, 0.1) is 18.2 Å². The largest absolute Gasteiger partial charge is 0.362 e. The minimum atomic E-state index is -0.430. The quantitative estimate of drug-likeness (QED) is 0.341. The van der Waals surface area contributed by atoms with Crippen molar-refractivity contribution in [3.8, 4) is 0 Å². The molecule has 0 bridgehead atoms. The van der Waals surface area contributed by atoms with Gasteiger partial charge in [0.15, 0.2) is 0 Å². The van der Waals surface area contributed by atoms with Gasteiger partial charge in [0, 0.05) is 38.3 Å². The van der Waals surface area contributed by atoms with Gasteiger partial charge >= 0.3 is 0 Å². The molecule has 1 saturated heterocycles. The summed E-state index contributed by atoms with van der Waals surface area (Å²) in [6.07, 6.45) is 1.97. The van der Waals surface area contributed by atoms with Crippen molar-refractivity contribution in [3.63, 3.8) is 0 Å². The normalized spacial score (nSPS) is 18.9. The standard InChI is InChI=1S/C29H28F2N6O/c1-5-22-17-36(25-14-27(38)35(4)24-11-12-26(32-3)34-28(24)25)18(2)16-37(22)29(19-7-6-8-20(30)13-19)23-10-9-21(31)15-33-23/h6-15,18,22,29H,5,16-17H2,1-2,4H3/t18-,22+,29?/m0/s1. The lowest BCUT2D eigenvalue weighted by atomic mass is 9.94. The highest BCUT2D eigenvalue weighted by Crippen LogP contribution is 2.36. The van der Waals surface area contributed by atoms with Crippen LogP contribution in [-0.2, 0) is 7.05 Å². The molecule has 7 nitrogen and oxygen atoms in total. The first-order valence-electron chi connectivity index (χ1n) is 12.6. The Hall–Kier alpha value is -4.16. The Morgan fingerprint density at radius 3 is 2.61 bits per heavy atom. The highest BCUT2D eigenvalue weighted by molar-refractivity contribution is 5.89. The topological polar surface area (TPSA) is 58.6 Å². The fourth-order valence-electron chi connectivity index (χ4n) is 5.42. The monoisotopic (exact) mass is 514 g/mol. The molecular formula is C29H28F2N6O. The van der Waals surface area contributed by atoms with Gasteiger partial charge in [-0.1, -0.05) is 25.6 Å². The maximum atomic E-state index is 14.3. The van der Waals surface area contributed by atoms with Crippen molar-refractivity contribution in [1.82, 2.24) is 19.4 Å². The highest BCUT2D eigenvalue weighted by atomic mass is 19.1. The molecule has 0 amide bonds. The number of nitrogens with zero attached hydrogens (tertiary/aromatic N) is 6. The molecule has 5 rings (SSSR count). The number of aryl methyl sites for hydroxylation is 1. The van der Waals surface area contributed by atoms with Gasteiger partial charge < -0.3 is 14.3 Å². The van der Waals surface area contributed by atoms with Gasteiger partial charge in [0.25, 0.3) is 11.4 Å². The summed E-state index contributed by atoms with van der Waals surface area (Å²) in [5, 5.41) is 0. The number of anilines is 1. The lowest BCUT2D eigenvalue weighted by Gasteiger charge is -2.49. The van der Waals surface area contributed by atoms with Gasteiger partial charge in [-0.2, -0.15) is 0 Å². The minimum Gasteiger partial charge on any atom is -0.362 e. The van der Waals surface area contributed by atoms with Crippen molar-refractivity contribution < 1.29 is 8.78 Å². The number of pyridine rings is 3. The van der Waals surface area contributed by atoms with Crippen LogP contribution in [0.3, 0.4) is 0 Å². The summed E-state index contributed by atoms with van der Waals surface area (Å²) in [5.74, 6) is -0.507. The van der Waals surface area contributed by atoms with Gasteiger partial charge in [0.1, 0.15) is 11.6 Å². The summed E-state index contributed by atoms with van der Waals surface area (Å²) in [7, 11) is 1.70. The fourth-order valence-corrected chi connectivity index (χ4v) is 5.42. The lowest BCUT2D eigenvalue weighted by molar-refractivity contribution is 0.114. The molecule has 194 valence electrons. The summed E-state index contributed by atoms with van der Waals surface area (Å²) in [5.41, 5.74) is 3.19. The first kappa shape index (κ1) is 25.5. The molecule has 0 spiro atoms. The van der Waals surface area contributed by atoms with Gasteiger partial charge in [-0.15, -0.1) is 4.98 Å². The van der Waals surface area contributed by atoms with Crippen LogP contribution in [0.1, 0.15) is 37.6 Å². The smallest absolute Gasteiger partial charge is 0.270 e. The molecule has 1 unspecified atom stereocenters. The third-order valence-corrected chi connectivity index (χ3v) is 7.36. The van der Waals surface area contributed by atoms with Crippen LogP contribution in [0.2, 0.25) is 0 Å². The summed E-state index contributed by atoms with van der Waals surface area (Å²) < 4.78 is 29.6. The van der Waals surface area contributed by atoms with Crippen molar-refractivity contribution in [1.29, 1.82) is 0 Å². The maximum Gasteiger partial charge on any atom is 0.270 e. The van der Waals surface area contributed by atoms with E-state index in [2.05, 4.69) is 38.5 Å². The van der Waals surface area contributed by atoms with Gasteiger partial charge in [-0.05, 0) is 55.3 Å².